The summed E-state index contributed by atoms with van der Waals surface area (Å²) in [7, 11) is 0. The van der Waals surface area contributed by atoms with Crippen LogP contribution in [0, 0.1) is 23.7 Å². The number of primary amides is 1. The minimum Gasteiger partial charge on any atom is -0.392 e. The second-order valence-electron chi connectivity index (χ2n) is 8.93. The van der Waals surface area contributed by atoms with Gasteiger partial charge in [-0.2, -0.15) is 0 Å². The molecule has 7 nitrogen and oxygen atoms in total. The molecule has 2 bridgehead atoms. The first-order valence-corrected chi connectivity index (χ1v) is 10.5. The summed E-state index contributed by atoms with van der Waals surface area (Å²) in [4.78, 5) is 11.1. The third-order valence-electron chi connectivity index (χ3n) is 6.65. The number of allylic oxidation sites excluding steroid dienone is 2. The number of hydrogen-bond donors (Lipinski definition) is 4. The monoisotopic (exact) mass is 411 g/mol. The van der Waals surface area contributed by atoms with Crippen LogP contribution in [0.3, 0.4) is 0 Å². The van der Waals surface area contributed by atoms with E-state index in [2.05, 4.69) is 6.92 Å². The Bertz CT molecular complexity index is 635. The van der Waals surface area contributed by atoms with Crippen LogP contribution in [0.5, 0.6) is 0 Å². The first-order chi connectivity index (χ1) is 13.5. The summed E-state index contributed by atoms with van der Waals surface area (Å²) < 4.78 is 12.2. The Morgan fingerprint density at radius 2 is 1.90 bits per heavy atom. The van der Waals surface area contributed by atoms with Crippen LogP contribution in [0.2, 0.25) is 0 Å². The van der Waals surface area contributed by atoms with Gasteiger partial charge >= 0.3 is 0 Å². The molecule has 29 heavy (non-hydrogen) atoms. The molecule has 5 N–H and O–H groups in total. The van der Waals surface area contributed by atoms with E-state index in [-0.39, 0.29) is 41.5 Å². The van der Waals surface area contributed by atoms with Crippen molar-refractivity contribution in [3.05, 3.63) is 23.8 Å². The molecule has 2 heterocycles. The molecule has 0 aromatic heterocycles. The van der Waals surface area contributed by atoms with Gasteiger partial charge in [0.15, 0.2) is 5.79 Å². The fourth-order valence-electron chi connectivity index (χ4n) is 4.52. The third-order valence-corrected chi connectivity index (χ3v) is 6.65. The largest absolute Gasteiger partial charge is 0.392 e. The normalized spacial score (nSPS) is 35.3. The molecule has 2 aliphatic rings. The topological polar surface area (TPSA) is 122 Å². The van der Waals surface area contributed by atoms with Gasteiger partial charge in [0.2, 0.25) is 5.91 Å². The molecule has 0 aliphatic carbocycles. The molecule has 0 aromatic rings. The molecule has 2 rings (SSSR count). The second-order valence-corrected chi connectivity index (χ2v) is 8.93. The van der Waals surface area contributed by atoms with Crippen LogP contribution < -0.4 is 5.73 Å². The van der Waals surface area contributed by atoms with E-state index in [1.807, 2.05) is 27.7 Å². The summed E-state index contributed by atoms with van der Waals surface area (Å²) in [6.45, 7) is 9.24. The zero-order chi connectivity index (χ0) is 21.9. The van der Waals surface area contributed by atoms with E-state index < -0.39 is 30.5 Å². The molecule has 0 aromatic carbocycles. The Hall–Kier alpha value is -1.25. The summed E-state index contributed by atoms with van der Waals surface area (Å²) in [5.74, 6) is -1.90. The quantitative estimate of drug-likeness (QED) is 0.337. The summed E-state index contributed by atoms with van der Waals surface area (Å²) >= 11 is 0. The lowest BCUT2D eigenvalue weighted by atomic mass is 9.78. The highest BCUT2D eigenvalue weighted by atomic mass is 16.7. The number of rotatable bonds is 9. The maximum Gasteiger partial charge on any atom is 0.246 e. The highest BCUT2D eigenvalue weighted by Crippen LogP contribution is 2.45. The van der Waals surface area contributed by atoms with Gasteiger partial charge in [0.1, 0.15) is 0 Å². The minimum absolute atomic E-state index is 0.0958. The van der Waals surface area contributed by atoms with E-state index in [4.69, 9.17) is 20.3 Å². The molecular formula is C22H37NO6. The smallest absolute Gasteiger partial charge is 0.246 e. The molecule has 7 heteroatoms. The maximum absolute atomic E-state index is 11.1. The Labute approximate surface area is 173 Å². The average molecular weight is 412 g/mol. The summed E-state index contributed by atoms with van der Waals surface area (Å²) in [6, 6.07) is 0. The van der Waals surface area contributed by atoms with Gasteiger partial charge in [0.05, 0.1) is 31.0 Å². The summed E-state index contributed by atoms with van der Waals surface area (Å²) in [5, 5.41) is 30.8. The van der Waals surface area contributed by atoms with Gasteiger partial charge in [-0.3, -0.25) is 4.79 Å². The standard InChI is InChI=1S/C22H37NO6/c1-12(7-6-8-16(11-24)21(23)27)18(25)14(3)19(26)15(4)20-13(2)17-9-10-22(5,28-17)29-20/h6-8,12-15,17-20,24-26H,9-11H2,1-5H3,(H2,23,27)/b7-6-,16-8-/t12-,13+,14+,15+,17+,18-,19+,20+,22-/m0/s1. The van der Waals surface area contributed by atoms with Crippen LogP contribution in [0.4, 0.5) is 0 Å². The number of carbonyl (C=O) groups excluding carboxylic acids is 1. The highest BCUT2D eigenvalue weighted by Gasteiger charge is 2.51. The first kappa shape index (κ1) is 24.0. The maximum atomic E-state index is 11.1. The Morgan fingerprint density at radius 3 is 2.48 bits per heavy atom. The van der Waals surface area contributed by atoms with E-state index in [1.165, 1.54) is 6.08 Å². The third kappa shape index (κ3) is 5.47. The van der Waals surface area contributed by atoms with Crippen LogP contribution in [0.1, 0.15) is 47.5 Å². The lowest BCUT2D eigenvalue weighted by Gasteiger charge is -2.45. The van der Waals surface area contributed by atoms with Gasteiger partial charge in [-0.25, -0.2) is 0 Å². The van der Waals surface area contributed by atoms with Crippen LogP contribution >= 0.6 is 0 Å². The highest BCUT2D eigenvalue weighted by molar-refractivity contribution is 5.92. The van der Waals surface area contributed by atoms with E-state index in [1.54, 1.807) is 12.2 Å². The van der Waals surface area contributed by atoms with Crippen molar-refractivity contribution in [1.82, 2.24) is 0 Å². The van der Waals surface area contributed by atoms with Gasteiger partial charge in [-0.1, -0.05) is 45.9 Å². The SMILES string of the molecule is C[C@H]([C@H](O)[C@H](C)[C@@H](O)[C@@H](C)/C=C\C=C(\CO)C(N)=O)[C@@H]1O[C@@]2(C)CC[C@@H](O2)[C@H]1C. The van der Waals surface area contributed by atoms with Gasteiger partial charge in [-0.05, 0) is 13.3 Å². The zero-order valence-corrected chi connectivity index (χ0v) is 18.1. The van der Waals surface area contributed by atoms with Crippen LogP contribution in [-0.2, 0) is 14.3 Å². The van der Waals surface area contributed by atoms with Gasteiger partial charge in [0.25, 0.3) is 0 Å². The second kappa shape index (κ2) is 9.71. The Balaban J connectivity index is 2.00. The summed E-state index contributed by atoms with van der Waals surface area (Å²) in [5.41, 5.74) is 5.25. The van der Waals surface area contributed by atoms with Crippen molar-refractivity contribution in [1.29, 1.82) is 0 Å². The number of hydrogen-bond acceptors (Lipinski definition) is 6. The predicted octanol–water partition coefficient (Wildman–Crippen LogP) is 1.51. The first-order valence-electron chi connectivity index (χ1n) is 10.5. The molecule has 0 unspecified atom stereocenters. The predicted molar refractivity (Wildman–Crippen MR) is 110 cm³/mol. The van der Waals surface area contributed by atoms with Crippen molar-refractivity contribution < 1.29 is 29.6 Å². The molecule has 0 radical (unpaired) electrons. The minimum atomic E-state index is -0.786. The number of aliphatic hydroxyl groups is 3. The number of fused-ring (bicyclic) bond motifs is 2. The molecular weight excluding hydrogens is 374 g/mol. The van der Waals surface area contributed by atoms with Crippen molar-refractivity contribution >= 4 is 5.91 Å². The number of ether oxygens (including phenoxy) is 2. The molecule has 2 saturated heterocycles. The zero-order valence-electron chi connectivity index (χ0n) is 18.1. The lowest BCUT2D eigenvalue weighted by Crippen LogP contribution is -2.52. The molecule has 166 valence electrons. The van der Waals surface area contributed by atoms with Crippen molar-refractivity contribution in [2.24, 2.45) is 29.4 Å². The fraction of sp³-hybridized carbons (Fsp3) is 0.773. The number of nitrogens with two attached hydrogens (primary N) is 1. The van der Waals surface area contributed by atoms with Crippen molar-refractivity contribution in [2.75, 3.05) is 6.61 Å². The van der Waals surface area contributed by atoms with Crippen molar-refractivity contribution in [3.8, 4) is 0 Å². The fourth-order valence-corrected chi connectivity index (χ4v) is 4.52. The number of aliphatic hydroxyl groups excluding tert-OH is 3. The van der Waals surface area contributed by atoms with Crippen molar-refractivity contribution in [2.45, 2.75) is 77.7 Å². The Kier molecular flexibility index (Phi) is 8.04. The van der Waals surface area contributed by atoms with E-state index in [0.29, 0.717) is 0 Å². The molecule has 1 amide bonds. The molecule has 0 spiro atoms. The van der Waals surface area contributed by atoms with Crippen molar-refractivity contribution in [3.63, 3.8) is 0 Å². The van der Waals surface area contributed by atoms with E-state index >= 15 is 0 Å². The van der Waals surface area contributed by atoms with Gasteiger partial charge in [0, 0.05) is 35.7 Å². The van der Waals surface area contributed by atoms with Gasteiger partial charge < -0.3 is 30.5 Å². The molecule has 2 aliphatic heterocycles. The number of amides is 1. The summed E-state index contributed by atoms with van der Waals surface area (Å²) in [6.07, 6.45) is 5.05. The van der Waals surface area contributed by atoms with Gasteiger partial charge in [-0.15, -0.1) is 0 Å². The van der Waals surface area contributed by atoms with E-state index in [0.717, 1.165) is 12.8 Å². The molecule has 9 atom stereocenters. The van der Waals surface area contributed by atoms with Crippen LogP contribution in [0.15, 0.2) is 23.8 Å². The average Bonchev–Trinajstić information content (AvgIpc) is 3.02. The lowest BCUT2D eigenvalue weighted by molar-refractivity contribution is -0.309. The molecule has 0 saturated carbocycles. The van der Waals surface area contributed by atoms with E-state index in [9.17, 15) is 15.0 Å². The number of carbonyl (C=O) groups is 1. The van der Waals surface area contributed by atoms with Crippen LogP contribution in [-0.4, -0.2) is 58.0 Å². The van der Waals surface area contributed by atoms with Crippen LogP contribution in [0.25, 0.3) is 0 Å². The molecule has 2 fully saturated rings. The Morgan fingerprint density at radius 1 is 1.24 bits per heavy atom.